The largest absolute Gasteiger partial charge is 0.319 e. The molecule has 1 atom stereocenters. The standard InChI is InChI=1S/C25H34N2O2Si/c1-4-17-30(18-5-2,19-6-3)27-24(28)23(22-15-11-8-12-16-22)26(25(27)29)20-21-13-9-7-10-14-21/h7-16,23H,4-6,17-20H2,1-3H3. The molecule has 160 valence electrons. The van der Waals surface area contributed by atoms with E-state index in [4.69, 9.17) is 0 Å². The van der Waals surface area contributed by atoms with Crippen LogP contribution in [-0.4, -0.2) is 29.6 Å². The summed E-state index contributed by atoms with van der Waals surface area (Å²) >= 11 is 0. The van der Waals surface area contributed by atoms with Gasteiger partial charge in [0.05, 0.1) is 0 Å². The second-order valence-electron chi connectivity index (χ2n) is 8.36. The van der Waals surface area contributed by atoms with Crippen LogP contribution in [0.3, 0.4) is 0 Å². The van der Waals surface area contributed by atoms with E-state index in [2.05, 4.69) is 20.8 Å². The van der Waals surface area contributed by atoms with E-state index in [1.54, 1.807) is 9.47 Å². The van der Waals surface area contributed by atoms with Gasteiger partial charge in [0.25, 0.3) is 0 Å². The highest BCUT2D eigenvalue weighted by Crippen LogP contribution is 2.40. The minimum Gasteiger partial charge on any atom is -0.304 e. The zero-order chi connectivity index (χ0) is 21.6. The molecule has 3 rings (SSSR count). The molecule has 0 saturated carbocycles. The lowest BCUT2D eigenvalue weighted by Crippen LogP contribution is -2.56. The van der Waals surface area contributed by atoms with Gasteiger partial charge in [-0.3, -0.25) is 9.36 Å². The smallest absolute Gasteiger partial charge is 0.304 e. The van der Waals surface area contributed by atoms with Gasteiger partial charge in [0.1, 0.15) is 6.04 Å². The molecule has 1 aliphatic rings. The normalized spacial score (nSPS) is 17.1. The van der Waals surface area contributed by atoms with Gasteiger partial charge in [0.2, 0.25) is 5.91 Å². The maximum absolute atomic E-state index is 13.9. The Labute approximate surface area is 182 Å². The first-order valence-electron chi connectivity index (χ1n) is 11.3. The lowest BCUT2D eigenvalue weighted by Gasteiger charge is -2.38. The molecule has 2 aromatic carbocycles. The van der Waals surface area contributed by atoms with Crippen molar-refractivity contribution >= 4 is 20.2 Å². The number of carbonyl (C=O) groups excluding carboxylic acids is 2. The van der Waals surface area contributed by atoms with Crippen molar-refractivity contribution < 1.29 is 9.59 Å². The van der Waals surface area contributed by atoms with Crippen LogP contribution in [0.25, 0.3) is 0 Å². The van der Waals surface area contributed by atoms with Crippen LogP contribution in [0.1, 0.15) is 57.2 Å². The molecule has 0 N–H and O–H groups in total. The van der Waals surface area contributed by atoms with Gasteiger partial charge in [-0.2, -0.15) is 0 Å². The average molecular weight is 423 g/mol. The minimum absolute atomic E-state index is 0.0100. The lowest BCUT2D eigenvalue weighted by molar-refractivity contribution is -0.126. The number of hydrogen-bond donors (Lipinski definition) is 0. The summed E-state index contributed by atoms with van der Waals surface area (Å²) in [6.45, 7) is 6.98. The molecule has 0 bridgehead atoms. The van der Waals surface area contributed by atoms with Crippen molar-refractivity contribution in [3.8, 4) is 0 Å². The molecule has 1 aliphatic heterocycles. The van der Waals surface area contributed by atoms with Gasteiger partial charge in [-0.25, -0.2) is 4.79 Å². The number of imide groups is 1. The SMILES string of the molecule is CCC[Si](CCC)(CCC)N1C(=O)C(c2ccccc2)N(Cc2ccccc2)C1=O. The van der Waals surface area contributed by atoms with Crippen molar-refractivity contribution in [2.75, 3.05) is 0 Å². The van der Waals surface area contributed by atoms with Crippen molar-refractivity contribution in [3.63, 3.8) is 0 Å². The second kappa shape index (κ2) is 10.1. The summed E-state index contributed by atoms with van der Waals surface area (Å²) in [7, 11) is -2.23. The fraction of sp³-hybridized carbons (Fsp3) is 0.440. The molecule has 1 unspecified atom stereocenters. The van der Waals surface area contributed by atoms with E-state index in [1.165, 1.54) is 0 Å². The molecule has 0 spiro atoms. The van der Waals surface area contributed by atoms with Crippen molar-refractivity contribution in [2.45, 2.75) is 70.8 Å². The van der Waals surface area contributed by atoms with Crippen LogP contribution < -0.4 is 0 Å². The summed E-state index contributed by atoms with van der Waals surface area (Å²) < 4.78 is 1.78. The van der Waals surface area contributed by atoms with E-state index in [9.17, 15) is 9.59 Å². The number of hydrogen-bond acceptors (Lipinski definition) is 2. The van der Waals surface area contributed by atoms with Gasteiger partial charge in [-0.05, 0) is 29.3 Å². The third-order valence-corrected chi connectivity index (χ3v) is 11.8. The summed E-state index contributed by atoms with van der Waals surface area (Å²) in [5, 5.41) is 0. The van der Waals surface area contributed by atoms with Crippen molar-refractivity contribution in [1.82, 2.24) is 9.47 Å². The number of urea groups is 1. The molecule has 1 fully saturated rings. The van der Waals surface area contributed by atoms with E-state index in [0.29, 0.717) is 6.54 Å². The maximum Gasteiger partial charge on any atom is 0.319 e. The first-order chi connectivity index (χ1) is 14.6. The van der Waals surface area contributed by atoms with Crippen molar-refractivity contribution in [3.05, 3.63) is 71.8 Å². The number of nitrogens with zero attached hydrogens (tertiary/aromatic N) is 2. The second-order valence-corrected chi connectivity index (χ2v) is 12.8. The Morgan fingerprint density at radius 1 is 0.767 bits per heavy atom. The Hall–Kier alpha value is -2.40. The van der Waals surface area contributed by atoms with E-state index in [0.717, 1.165) is 48.5 Å². The third kappa shape index (κ3) is 4.36. The molecule has 0 aliphatic carbocycles. The van der Waals surface area contributed by atoms with Crippen LogP contribution in [0.4, 0.5) is 4.79 Å². The molecular formula is C25H34N2O2Si. The van der Waals surface area contributed by atoms with Crippen LogP contribution in [-0.2, 0) is 11.3 Å². The molecule has 1 heterocycles. The molecular weight excluding hydrogens is 388 g/mol. The first kappa shape index (κ1) is 22.3. The Bertz CT molecular complexity index is 824. The molecule has 5 heteroatoms. The third-order valence-electron chi connectivity index (χ3n) is 6.13. The van der Waals surface area contributed by atoms with Crippen LogP contribution in [0.5, 0.6) is 0 Å². The lowest BCUT2D eigenvalue weighted by atomic mass is 10.1. The fourth-order valence-electron chi connectivity index (χ4n) is 5.03. The van der Waals surface area contributed by atoms with Crippen LogP contribution in [0.15, 0.2) is 60.7 Å². The van der Waals surface area contributed by atoms with Crippen molar-refractivity contribution in [1.29, 1.82) is 0 Å². The Morgan fingerprint density at radius 2 is 1.27 bits per heavy atom. The van der Waals surface area contributed by atoms with E-state index < -0.39 is 14.3 Å². The molecule has 4 nitrogen and oxygen atoms in total. The van der Waals surface area contributed by atoms with Gasteiger partial charge >= 0.3 is 6.03 Å². The molecule has 30 heavy (non-hydrogen) atoms. The minimum atomic E-state index is -2.23. The van der Waals surface area contributed by atoms with E-state index in [-0.39, 0.29) is 11.9 Å². The Morgan fingerprint density at radius 3 is 1.77 bits per heavy atom. The summed E-state index contributed by atoms with van der Waals surface area (Å²) in [4.78, 5) is 29.5. The highest BCUT2D eigenvalue weighted by atomic mass is 28.3. The Balaban J connectivity index is 2.06. The highest BCUT2D eigenvalue weighted by Gasteiger charge is 2.54. The van der Waals surface area contributed by atoms with Crippen LogP contribution in [0, 0.1) is 0 Å². The van der Waals surface area contributed by atoms with Gasteiger partial charge in [-0.1, -0.05) is 101 Å². The summed E-state index contributed by atoms with van der Waals surface area (Å²) in [6.07, 6.45) is 3.04. The molecule has 3 amide bonds. The summed E-state index contributed by atoms with van der Waals surface area (Å²) in [5.41, 5.74) is 1.96. The van der Waals surface area contributed by atoms with Crippen LogP contribution in [0.2, 0.25) is 18.1 Å². The predicted octanol–water partition coefficient (Wildman–Crippen LogP) is 6.37. The average Bonchev–Trinajstić information content (AvgIpc) is 3.00. The zero-order valence-corrected chi connectivity index (χ0v) is 19.5. The molecule has 0 radical (unpaired) electrons. The maximum atomic E-state index is 13.9. The van der Waals surface area contributed by atoms with E-state index in [1.807, 2.05) is 60.7 Å². The number of rotatable bonds is 10. The number of carbonyl (C=O) groups is 2. The highest BCUT2D eigenvalue weighted by molar-refractivity contribution is 6.81. The zero-order valence-electron chi connectivity index (χ0n) is 18.5. The number of amides is 3. The van der Waals surface area contributed by atoms with Crippen molar-refractivity contribution in [2.24, 2.45) is 0 Å². The van der Waals surface area contributed by atoms with Crippen LogP contribution >= 0.6 is 0 Å². The predicted molar refractivity (Wildman–Crippen MR) is 124 cm³/mol. The topological polar surface area (TPSA) is 40.6 Å². The molecule has 2 aromatic rings. The molecule has 1 saturated heterocycles. The summed E-state index contributed by atoms with van der Waals surface area (Å²) in [6, 6.07) is 22.2. The summed E-state index contributed by atoms with van der Waals surface area (Å²) in [5.74, 6) is -0.0100. The van der Waals surface area contributed by atoms with Gasteiger partial charge in [-0.15, -0.1) is 0 Å². The van der Waals surface area contributed by atoms with E-state index >= 15 is 0 Å². The monoisotopic (exact) mass is 422 g/mol. The van der Waals surface area contributed by atoms with Gasteiger partial charge < -0.3 is 4.90 Å². The quantitative estimate of drug-likeness (QED) is 0.330. The molecule has 0 aromatic heterocycles. The fourth-order valence-corrected chi connectivity index (χ4v) is 10.4. The first-order valence-corrected chi connectivity index (χ1v) is 13.9. The number of benzene rings is 2. The van der Waals surface area contributed by atoms with Gasteiger partial charge in [0, 0.05) is 6.54 Å². The van der Waals surface area contributed by atoms with Gasteiger partial charge in [0.15, 0.2) is 8.24 Å². The Kier molecular flexibility index (Phi) is 7.48.